The number of rotatable bonds is 3. The molecule has 1 heterocycles. The average molecular weight is 310 g/mol. The van der Waals surface area contributed by atoms with Crippen molar-refractivity contribution in [2.75, 3.05) is 19.0 Å². The minimum atomic E-state index is -0.0569. The highest BCUT2D eigenvalue weighted by Crippen LogP contribution is 2.31. The van der Waals surface area contributed by atoms with Gasteiger partial charge in [0.05, 0.1) is 12.8 Å². The molecule has 0 aliphatic carbocycles. The number of likely N-dealkylation sites (tertiary alicyclic amines) is 1. The van der Waals surface area contributed by atoms with Crippen molar-refractivity contribution in [1.82, 2.24) is 4.90 Å². The van der Waals surface area contributed by atoms with E-state index in [4.69, 9.17) is 4.74 Å². The van der Waals surface area contributed by atoms with Crippen LogP contribution in [0, 0.1) is 0 Å². The summed E-state index contributed by atoms with van der Waals surface area (Å²) in [6, 6.07) is 16.2. The molecular weight excluding hydrogens is 288 g/mol. The van der Waals surface area contributed by atoms with E-state index in [1.807, 2.05) is 41.3 Å². The van der Waals surface area contributed by atoms with Gasteiger partial charge in [0.15, 0.2) is 0 Å². The molecule has 120 valence electrons. The van der Waals surface area contributed by atoms with E-state index in [0.29, 0.717) is 17.5 Å². The molecule has 0 aromatic heterocycles. The Kier molecular flexibility index (Phi) is 4.51. The van der Waals surface area contributed by atoms with Gasteiger partial charge in [0.2, 0.25) is 0 Å². The number of amides is 2. The fraction of sp³-hybridized carbons (Fsp3) is 0.316. The topological polar surface area (TPSA) is 41.6 Å². The van der Waals surface area contributed by atoms with E-state index in [1.54, 1.807) is 7.11 Å². The highest BCUT2D eigenvalue weighted by atomic mass is 16.5. The Bertz CT molecular complexity index is 685. The quantitative estimate of drug-likeness (QED) is 0.914. The Hall–Kier alpha value is -2.49. The normalized spacial score (nSPS) is 17.1. The molecule has 0 unspecified atom stereocenters. The van der Waals surface area contributed by atoms with E-state index < -0.39 is 0 Å². The lowest BCUT2D eigenvalue weighted by atomic mass is 10.0. The number of urea groups is 1. The number of ether oxygens (including phenoxy) is 1. The van der Waals surface area contributed by atoms with Crippen LogP contribution >= 0.6 is 0 Å². The predicted molar refractivity (Wildman–Crippen MR) is 92.9 cm³/mol. The van der Waals surface area contributed by atoms with Crippen LogP contribution in [0.2, 0.25) is 0 Å². The summed E-state index contributed by atoms with van der Waals surface area (Å²) in [5.41, 5.74) is 2.87. The number of carbonyl (C=O) groups is 1. The van der Waals surface area contributed by atoms with Crippen molar-refractivity contribution in [3.8, 4) is 16.9 Å². The molecule has 0 radical (unpaired) electrons. The largest absolute Gasteiger partial charge is 0.495 e. The molecule has 2 aromatic carbocycles. The summed E-state index contributed by atoms with van der Waals surface area (Å²) in [6.45, 7) is 2.90. The molecule has 1 fully saturated rings. The first-order valence-electron chi connectivity index (χ1n) is 8.00. The van der Waals surface area contributed by atoms with Crippen LogP contribution in [-0.4, -0.2) is 30.6 Å². The predicted octanol–water partition coefficient (Wildman–Crippen LogP) is 4.38. The van der Waals surface area contributed by atoms with Gasteiger partial charge in [-0.25, -0.2) is 4.79 Å². The maximum Gasteiger partial charge on any atom is 0.322 e. The van der Waals surface area contributed by atoms with Gasteiger partial charge in [0.1, 0.15) is 5.75 Å². The Morgan fingerprint density at radius 1 is 1.17 bits per heavy atom. The van der Waals surface area contributed by atoms with Crippen LogP contribution in [0.4, 0.5) is 10.5 Å². The van der Waals surface area contributed by atoms with Crippen LogP contribution in [0.5, 0.6) is 5.75 Å². The molecule has 0 spiro atoms. The molecule has 4 heteroatoms. The molecule has 3 rings (SSSR count). The van der Waals surface area contributed by atoms with Gasteiger partial charge in [0.25, 0.3) is 0 Å². The van der Waals surface area contributed by atoms with E-state index in [9.17, 15) is 4.79 Å². The number of anilines is 1. The minimum Gasteiger partial charge on any atom is -0.495 e. The first-order valence-corrected chi connectivity index (χ1v) is 8.00. The zero-order valence-corrected chi connectivity index (χ0v) is 13.6. The number of carbonyl (C=O) groups excluding carboxylic acids is 1. The lowest BCUT2D eigenvalue weighted by molar-refractivity contribution is 0.210. The van der Waals surface area contributed by atoms with E-state index in [1.165, 1.54) is 0 Å². The van der Waals surface area contributed by atoms with Crippen molar-refractivity contribution in [3.63, 3.8) is 0 Å². The standard InChI is InChI=1S/C19H22N2O2/c1-14-7-6-12-21(14)19(22)20-17-13-16(10-11-18(17)23-2)15-8-4-3-5-9-15/h3-5,8-11,13-14H,6-7,12H2,1-2H3,(H,20,22)/t14-/m0/s1. The summed E-state index contributed by atoms with van der Waals surface area (Å²) in [5, 5.41) is 3.01. The van der Waals surface area contributed by atoms with Crippen LogP contribution in [0.3, 0.4) is 0 Å². The monoisotopic (exact) mass is 310 g/mol. The maximum atomic E-state index is 12.5. The fourth-order valence-corrected chi connectivity index (χ4v) is 3.04. The maximum absolute atomic E-state index is 12.5. The van der Waals surface area contributed by atoms with Crippen LogP contribution in [0.25, 0.3) is 11.1 Å². The smallest absolute Gasteiger partial charge is 0.322 e. The van der Waals surface area contributed by atoms with Crippen LogP contribution in [0.15, 0.2) is 48.5 Å². The van der Waals surface area contributed by atoms with Crippen molar-refractivity contribution in [2.45, 2.75) is 25.8 Å². The number of hydrogen-bond acceptors (Lipinski definition) is 2. The van der Waals surface area contributed by atoms with E-state index in [-0.39, 0.29) is 6.03 Å². The van der Waals surface area contributed by atoms with Crippen molar-refractivity contribution in [1.29, 1.82) is 0 Å². The highest BCUT2D eigenvalue weighted by molar-refractivity contribution is 5.92. The van der Waals surface area contributed by atoms with E-state index >= 15 is 0 Å². The van der Waals surface area contributed by atoms with Crippen molar-refractivity contribution in [3.05, 3.63) is 48.5 Å². The third-order valence-electron chi connectivity index (χ3n) is 4.36. The average Bonchev–Trinajstić information content (AvgIpc) is 3.02. The number of nitrogens with zero attached hydrogens (tertiary/aromatic N) is 1. The summed E-state index contributed by atoms with van der Waals surface area (Å²) in [6.07, 6.45) is 2.13. The number of nitrogens with one attached hydrogen (secondary N) is 1. The molecule has 2 aromatic rings. The molecule has 1 aliphatic heterocycles. The van der Waals surface area contributed by atoms with Gasteiger partial charge in [0, 0.05) is 12.6 Å². The Labute approximate surface area is 137 Å². The van der Waals surface area contributed by atoms with Gasteiger partial charge in [-0.05, 0) is 43.0 Å². The molecule has 1 saturated heterocycles. The lowest BCUT2D eigenvalue weighted by Gasteiger charge is -2.22. The molecule has 2 amide bonds. The zero-order chi connectivity index (χ0) is 16.2. The summed E-state index contributed by atoms with van der Waals surface area (Å²) < 4.78 is 5.39. The third kappa shape index (κ3) is 3.31. The summed E-state index contributed by atoms with van der Waals surface area (Å²) in [4.78, 5) is 14.4. The number of benzene rings is 2. The summed E-state index contributed by atoms with van der Waals surface area (Å²) >= 11 is 0. The first kappa shape index (κ1) is 15.4. The van der Waals surface area contributed by atoms with Crippen molar-refractivity contribution < 1.29 is 9.53 Å². The van der Waals surface area contributed by atoms with Gasteiger partial charge in [-0.2, -0.15) is 0 Å². The Morgan fingerprint density at radius 2 is 1.96 bits per heavy atom. The second kappa shape index (κ2) is 6.73. The van der Waals surface area contributed by atoms with Crippen molar-refractivity contribution >= 4 is 11.7 Å². The first-order chi connectivity index (χ1) is 11.2. The Morgan fingerprint density at radius 3 is 2.61 bits per heavy atom. The van der Waals surface area contributed by atoms with Gasteiger partial charge < -0.3 is 15.0 Å². The van der Waals surface area contributed by atoms with Gasteiger partial charge in [-0.1, -0.05) is 36.4 Å². The molecule has 23 heavy (non-hydrogen) atoms. The minimum absolute atomic E-state index is 0.0569. The molecule has 4 nitrogen and oxygen atoms in total. The molecule has 0 bridgehead atoms. The molecule has 1 N–H and O–H groups in total. The number of hydrogen-bond donors (Lipinski definition) is 1. The zero-order valence-electron chi connectivity index (χ0n) is 13.6. The van der Waals surface area contributed by atoms with E-state index in [2.05, 4.69) is 24.4 Å². The molecule has 0 saturated carbocycles. The molecular formula is C19H22N2O2. The molecule has 1 aliphatic rings. The van der Waals surface area contributed by atoms with Gasteiger partial charge in [-0.15, -0.1) is 0 Å². The van der Waals surface area contributed by atoms with Crippen LogP contribution in [-0.2, 0) is 0 Å². The van der Waals surface area contributed by atoms with Gasteiger partial charge >= 0.3 is 6.03 Å². The van der Waals surface area contributed by atoms with Crippen molar-refractivity contribution in [2.24, 2.45) is 0 Å². The second-order valence-electron chi connectivity index (χ2n) is 5.90. The lowest BCUT2D eigenvalue weighted by Crippen LogP contribution is -2.37. The van der Waals surface area contributed by atoms with Gasteiger partial charge in [-0.3, -0.25) is 0 Å². The summed E-state index contributed by atoms with van der Waals surface area (Å²) in [5.74, 6) is 0.671. The van der Waals surface area contributed by atoms with Crippen LogP contribution < -0.4 is 10.1 Å². The third-order valence-corrected chi connectivity index (χ3v) is 4.36. The second-order valence-corrected chi connectivity index (χ2v) is 5.90. The Balaban J connectivity index is 1.86. The van der Waals surface area contributed by atoms with Crippen LogP contribution in [0.1, 0.15) is 19.8 Å². The fourth-order valence-electron chi connectivity index (χ4n) is 3.04. The molecule has 1 atom stereocenters. The summed E-state index contributed by atoms with van der Waals surface area (Å²) in [7, 11) is 1.62. The number of methoxy groups -OCH3 is 1. The van der Waals surface area contributed by atoms with E-state index in [0.717, 1.165) is 30.5 Å². The highest BCUT2D eigenvalue weighted by Gasteiger charge is 2.25. The SMILES string of the molecule is COc1ccc(-c2ccccc2)cc1NC(=O)N1CCC[C@@H]1C.